The molecule has 64 valence electrons. The lowest BCUT2D eigenvalue weighted by Gasteiger charge is -2.11. The first-order chi connectivity index (χ1) is 5.66. The molecule has 0 spiro atoms. The van der Waals surface area contributed by atoms with Crippen LogP contribution >= 0.6 is 0 Å². The molecule has 1 heterocycles. The molecule has 0 aliphatic rings. The number of hydrogen-bond donors (Lipinski definition) is 0. The summed E-state index contributed by atoms with van der Waals surface area (Å²) in [5.41, 5.74) is 0.981. The molecule has 0 fully saturated rings. The zero-order valence-corrected chi connectivity index (χ0v) is 7.49. The summed E-state index contributed by atoms with van der Waals surface area (Å²) in [5.74, 6) is 1.13. The van der Waals surface area contributed by atoms with Crippen LogP contribution in [0.15, 0.2) is 24.1 Å². The monoisotopic (exact) mass is 163 g/mol. The van der Waals surface area contributed by atoms with E-state index in [1.54, 1.807) is 12.5 Å². The molecular weight excluding hydrogens is 150 g/mol. The Morgan fingerprint density at radius 3 is 2.83 bits per heavy atom. The molecule has 0 radical (unpaired) electrons. The van der Waals surface area contributed by atoms with Crippen molar-refractivity contribution in [3.63, 3.8) is 0 Å². The maximum absolute atomic E-state index is 3.96. The third-order valence-electron chi connectivity index (χ3n) is 1.76. The summed E-state index contributed by atoms with van der Waals surface area (Å²) in [7, 11) is 0. The fraction of sp³-hybridized carbons (Fsp3) is 0.333. The number of nitrogens with zero attached hydrogens (tertiary/aromatic N) is 3. The van der Waals surface area contributed by atoms with E-state index < -0.39 is 0 Å². The van der Waals surface area contributed by atoms with Gasteiger partial charge in [-0.15, -0.1) is 0 Å². The van der Waals surface area contributed by atoms with Gasteiger partial charge in [0, 0.05) is 5.70 Å². The molecule has 1 aromatic heterocycles. The van der Waals surface area contributed by atoms with E-state index in [4.69, 9.17) is 0 Å². The molecule has 0 aromatic carbocycles. The highest BCUT2D eigenvalue weighted by molar-refractivity contribution is 5.52. The third-order valence-corrected chi connectivity index (χ3v) is 1.76. The van der Waals surface area contributed by atoms with Gasteiger partial charge in [-0.1, -0.05) is 20.4 Å². The lowest BCUT2D eigenvalue weighted by molar-refractivity contribution is 0.794. The van der Waals surface area contributed by atoms with E-state index in [2.05, 4.69) is 37.1 Å². The van der Waals surface area contributed by atoms with Gasteiger partial charge in [0.15, 0.2) is 5.82 Å². The van der Waals surface area contributed by atoms with E-state index in [0.717, 1.165) is 11.5 Å². The van der Waals surface area contributed by atoms with Crippen molar-refractivity contribution in [3.05, 3.63) is 19.1 Å². The van der Waals surface area contributed by atoms with Crippen LogP contribution in [0.25, 0.3) is 5.70 Å². The molecule has 0 aliphatic heterocycles. The van der Waals surface area contributed by atoms with Crippen LogP contribution in [-0.4, -0.2) is 16.3 Å². The van der Waals surface area contributed by atoms with Gasteiger partial charge < -0.3 is 0 Å². The van der Waals surface area contributed by atoms with E-state index in [0.29, 0.717) is 5.92 Å². The highest BCUT2D eigenvalue weighted by Crippen LogP contribution is 2.20. The summed E-state index contributed by atoms with van der Waals surface area (Å²) < 4.78 is 1.84. The minimum atomic E-state index is 0.389. The number of aliphatic imine (C=N–C) groups is 1. The summed E-state index contributed by atoms with van der Waals surface area (Å²) in [5, 5.41) is 0. The van der Waals surface area contributed by atoms with Gasteiger partial charge in [0.2, 0.25) is 0 Å². The number of aromatic nitrogens is 2. The fourth-order valence-electron chi connectivity index (χ4n) is 0.904. The smallest absolute Gasteiger partial charge is 0.155 e. The molecular formula is C9H13N3. The lowest BCUT2D eigenvalue weighted by Crippen LogP contribution is -1.99. The normalized spacial score (nSPS) is 10.2. The highest BCUT2D eigenvalue weighted by atomic mass is 15.1. The first kappa shape index (κ1) is 8.71. The lowest BCUT2D eigenvalue weighted by atomic mass is 10.1. The molecule has 0 saturated heterocycles. The van der Waals surface area contributed by atoms with Crippen molar-refractivity contribution in [2.45, 2.75) is 13.8 Å². The molecule has 3 heteroatoms. The van der Waals surface area contributed by atoms with Crippen LogP contribution in [0.1, 0.15) is 13.8 Å². The van der Waals surface area contributed by atoms with Gasteiger partial charge in [-0.3, -0.25) is 4.57 Å². The quantitative estimate of drug-likeness (QED) is 0.629. The average molecular weight is 163 g/mol. The van der Waals surface area contributed by atoms with Crippen molar-refractivity contribution < 1.29 is 0 Å². The Bertz CT molecular complexity index is 296. The Balaban J connectivity index is 3.01. The van der Waals surface area contributed by atoms with Gasteiger partial charge in [-0.25, -0.2) is 9.98 Å². The molecule has 0 aliphatic carbocycles. The van der Waals surface area contributed by atoms with Gasteiger partial charge in [-0.05, 0) is 12.6 Å². The van der Waals surface area contributed by atoms with E-state index in [1.165, 1.54) is 0 Å². The van der Waals surface area contributed by atoms with Crippen LogP contribution in [0, 0.1) is 5.92 Å². The predicted molar refractivity (Wildman–Crippen MR) is 51.6 cm³/mol. The Morgan fingerprint density at radius 2 is 2.33 bits per heavy atom. The van der Waals surface area contributed by atoms with Crippen LogP contribution in [0.5, 0.6) is 0 Å². The standard InChI is InChI=1S/C9H13N3/c1-7(2)8(3)12-6-11-5-9(12)10-4/h5-7H,3-4H2,1-2H3. The van der Waals surface area contributed by atoms with Crippen molar-refractivity contribution in [3.8, 4) is 0 Å². The molecule has 0 amide bonds. The van der Waals surface area contributed by atoms with Crippen LogP contribution in [0.3, 0.4) is 0 Å². The van der Waals surface area contributed by atoms with Crippen LogP contribution < -0.4 is 0 Å². The van der Waals surface area contributed by atoms with Crippen LogP contribution in [0.2, 0.25) is 0 Å². The van der Waals surface area contributed by atoms with E-state index in [1.807, 2.05) is 4.57 Å². The van der Waals surface area contributed by atoms with Crippen molar-refractivity contribution in [2.75, 3.05) is 0 Å². The molecule has 0 atom stereocenters. The second-order valence-corrected chi connectivity index (χ2v) is 2.93. The second-order valence-electron chi connectivity index (χ2n) is 2.93. The molecule has 0 bridgehead atoms. The highest BCUT2D eigenvalue weighted by Gasteiger charge is 2.05. The van der Waals surface area contributed by atoms with Gasteiger partial charge in [0.25, 0.3) is 0 Å². The summed E-state index contributed by atoms with van der Waals surface area (Å²) in [6.07, 6.45) is 3.37. The number of rotatable bonds is 3. The van der Waals surface area contributed by atoms with E-state index in [-0.39, 0.29) is 0 Å². The first-order valence-corrected chi connectivity index (χ1v) is 3.85. The maximum atomic E-state index is 3.96. The van der Waals surface area contributed by atoms with E-state index >= 15 is 0 Å². The fourth-order valence-corrected chi connectivity index (χ4v) is 0.904. The van der Waals surface area contributed by atoms with Crippen molar-refractivity contribution >= 4 is 18.2 Å². The molecule has 1 aromatic rings. The predicted octanol–water partition coefficient (Wildman–Crippen LogP) is 2.34. The zero-order chi connectivity index (χ0) is 9.14. The van der Waals surface area contributed by atoms with Crippen molar-refractivity contribution in [1.82, 2.24) is 9.55 Å². The second kappa shape index (κ2) is 3.34. The maximum Gasteiger partial charge on any atom is 0.155 e. The number of allylic oxidation sites excluding steroid dienone is 1. The van der Waals surface area contributed by atoms with Gasteiger partial charge in [-0.2, -0.15) is 0 Å². The minimum absolute atomic E-state index is 0.389. The van der Waals surface area contributed by atoms with E-state index in [9.17, 15) is 0 Å². The third kappa shape index (κ3) is 1.44. The summed E-state index contributed by atoms with van der Waals surface area (Å²) >= 11 is 0. The van der Waals surface area contributed by atoms with Crippen molar-refractivity contribution in [1.29, 1.82) is 0 Å². The number of imidazole rings is 1. The summed E-state index contributed by atoms with van der Waals surface area (Å²) in [6.45, 7) is 11.6. The molecule has 0 saturated carbocycles. The largest absolute Gasteiger partial charge is 0.288 e. The molecule has 3 nitrogen and oxygen atoms in total. The SMILES string of the molecule is C=Nc1cncn1C(=C)C(C)C. The molecule has 1 rings (SSSR count). The average Bonchev–Trinajstić information content (AvgIpc) is 2.49. The summed E-state index contributed by atoms with van der Waals surface area (Å²) in [6, 6.07) is 0. The number of hydrogen-bond acceptors (Lipinski definition) is 2. The molecule has 12 heavy (non-hydrogen) atoms. The first-order valence-electron chi connectivity index (χ1n) is 3.85. The molecule has 0 unspecified atom stereocenters. The van der Waals surface area contributed by atoms with Crippen LogP contribution in [-0.2, 0) is 0 Å². The molecule has 0 N–H and O–H groups in total. The minimum Gasteiger partial charge on any atom is -0.288 e. The van der Waals surface area contributed by atoms with Gasteiger partial charge in [0.1, 0.15) is 6.33 Å². The Labute approximate surface area is 72.5 Å². The van der Waals surface area contributed by atoms with Crippen molar-refractivity contribution in [2.24, 2.45) is 10.9 Å². The van der Waals surface area contributed by atoms with Gasteiger partial charge >= 0.3 is 0 Å². The zero-order valence-electron chi connectivity index (χ0n) is 7.49. The van der Waals surface area contributed by atoms with Gasteiger partial charge in [0.05, 0.1) is 6.20 Å². The Morgan fingerprint density at radius 1 is 1.67 bits per heavy atom. The Hall–Kier alpha value is -1.38. The topological polar surface area (TPSA) is 30.2 Å². The summed E-state index contributed by atoms with van der Waals surface area (Å²) in [4.78, 5) is 7.79. The Kier molecular flexibility index (Phi) is 2.43. The van der Waals surface area contributed by atoms with Crippen LogP contribution in [0.4, 0.5) is 5.82 Å².